The van der Waals surface area contributed by atoms with Gasteiger partial charge in [0.05, 0.1) is 6.61 Å². The Morgan fingerprint density at radius 2 is 2.22 bits per heavy atom. The van der Waals surface area contributed by atoms with Gasteiger partial charge >= 0.3 is 5.97 Å². The van der Waals surface area contributed by atoms with Crippen molar-refractivity contribution in [2.24, 2.45) is 0 Å². The topological polar surface area (TPSA) is 64.1 Å². The zero-order valence-electron chi connectivity index (χ0n) is 10.7. The first kappa shape index (κ1) is 14.7. The van der Waals surface area contributed by atoms with E-state index in [9.17, 15) is 4.79 Å². The van der Waals surface area contributed by atoms with Crippen molar-refractivity contribution in [1.82, 2.24) is 9.97 Å². The Hall–Kier alpha value is -1.36. The summed E-state index contributed by atoms with van der Waals surface area (Å²) in [6.07, 6.45) is 3.29. The second kappa shape index (κ2) is 7.87. The second-order valence-corrected chi connectivity index (χ2v) is 4.04. The van der Waals surface area contributed by atoms with Gasteiger partial charge in [0.1, 0.15) is 17.3 Å². The number of ether oxygens (including phenoxy) is 1. The zero-order valence-corrected chi connectivity index (χ0v) is 11.5. The van der Waals surface area contributed by atoms with Gasteiger partial charge in [0.2, 0.25) is 0 Å². The van der Waals surface area contributed by atoms with Crippen LogP contribution < -0.4 is 5.32 Å². The minimum absolute atomic E-state index is 0.171. The van der Waals surface area contributed by atoms with Crippen LogP contribution in [0, 0.1) is 0 Å². The number of rotatable bonds is 7. The maximum Gasteiger partial charge on any atom is 0.305 e. The summed E-state index contributed by atoms with van der Waals surface area (Å²) in [5.41, 5.74) is 0.898. The largest absolute Gasteiger partial charge is 0.466 e. The van der Waals surface area contributed by atoms with Crippen LogP contribution in [0.25, 0.3) is 0 Å². The number of aromatic nitrogens is 2. The number of nitrogens with zero attached hydrogens (tertiary/aromatic N) is 2. The molecule has 0 bridgehead atoms. The van der Waals surface area contributed by atoms with Crippen LogP contribution in [0.3, 0.4) is 0 Å². The summed E-state index contributed by atoms with van der Waals surface area (Å²) < 4.78 is 4.84. The molecule has 0 radical (unpaired) electrons. The summed E-state index contributed by atoms with van der Waals surface area (Å²) >= 11 is 5.97. The zero-order chi connectivity index (χ0) is 13.4. The lowest BCUT2D eigenvalue weighted by molar-refractivity contribution is -0.143. The molecule has 0 saturated carbocycles. The SMILES string of the molecule is CCOC(=O)CCCNc1ncnc(Cl)c1CC. The van der Waals surface area contributed by atoms with E-state index < -0.39 is 0 Å². The second-order valence-electron chi connectivity index (χ2n) is 3.68. The molecule has 0 saturated heterocycles. The van der Waals surface area contributed by atoms with Crippen LogP contribution in [0.1, 0.15) is 32.3 Å². The van der Waals surface area contributed by atoms with Gasteiger partial charge in [0, 0.05) is 18.5 Å². The van der Waals surface area contributed by atoms with E-state index in [1.54, 1.807) is 6.92 Å². The van der Waals surface area contributed by atoms with Crippen molar-refractivity contribution >= 4 is 23.4 Å². The van der Waals surface area contributed by atoms with Crippen molar-refractivity contribution in [2.45, 2.75) is 33.1 Å². The van der Waals surface area contributed by atoms with Gasteiger partial charge in [-0.25, -0.2) is 9.97 Å². The van der Waals surface area contributed by atoms with Crippen LogP contribution in [-0.4, -0.2) is 29.1 Å². The maximum atomic E-state index is 11.1. The molecule has 1 aromatic heterocycles. The van der Waals surface area contributed by atoms with Crippen molar-refractivity contribution in [1.29, 1.82) is 0 Å². The molecule has 0 fully saturated rings. The van der Waals surface area contributed by atoms with E-state index in [4.69, 9.17) is 16.3 Å². The molecule has 6 heteroatoms. The average Bonchev–Trinajstić information content (AvgIpc) is 2.35. The summed E-state index contributed by atoms with van der Waals surface area (Å²) in [5.74, 6) is 0.567. The van der Waals surface area contributed by atoms with Crippen molar-refractivity contribution in [3.05, 3.63) is 17.0 Å². The standard InChI is InChI=1S/C12H18ClN3O2/c1-3-9-11(13)15-8-16-12(9)14-7-5-6-10(17)18-4-2/h8H,3-7H2,1-2H3,(H,14,15,16). The fraction of sp³-hybridized carbons (Fsp3) is 0.583. The lowest BCUT2D eigenvalue weighted by Crippen LogP contribution is -2.10. The van der Waals surface area contributed by atoms with Gasteiger partial charge in [0.25, 0.3) is 0 Å². The smallest absolute Gasteiger partial charge is 0.305 e. The van der Waals surface area contributed by atoms with E-state index in [1.165, 1.54) is 6.33 Å². The van der Waals surface area contributed by atoms with Gasteiger partial charge in [-0.15, -0.1) is 0 Å². The molecule has 1 heterocycles. The van der Waals surface area contributed by atoms with Crippen LogP contribution in [-0.2, 0) is 16.0 Å². The van der Waals surface area contributed by atoms with Crippen molar-refractivity contribution in [3.8, 4) is 0 Å². The van der Waals surface area contributed by atoms with E-state index >= 15 is 0 Å². The Labute approximate surface area is 112 Å². The average molecular weight is 272 g/mol. The summed E-state index contributed by atoms with van der Waals surface area (Å²) in [6, 6.07) is 0. The normalized spacial score (nSPS) is 10.2. The van der Waals surface area contributed by atoms with Gasteiger partial charge in [-0.2, -0.15) is 0 Å². The van der Waals surface area contributed by atoms with Crippen LogP contribution >= 0.6 is 11.6 Å². The van der Waals surface area contributed by atoms with Crippen LogP contribution in [0.5, 0.6) is 0 Å². The molecule has 0 atom stereocenters. The number of nitrogens with one attached hydrogen (secondary N) is 1. The van der Waals surface area contributed by atoms with Crippen molar-refractivity contribution < 1.29 is 9.53 Å². The molecule has 0 amide bonds. The van der Waals surface area contributed by atoms with E-state index in [0.29, 0.717) is 31.1 Å². The molecule has 0 aliphatic heterocycles. The number of anilines is 1. The number of carbonyl (C=O) groups excluding carboxylic acids is 1. The molecule has 100 valence electrons. The fourth-order valence-electron chi connectivity index (χ4n) is 1.53. The van der Waals surface area contributed by atoms with Gasteiger partial charge in [-0.05, 0) is 19.8 Å². The molecule has 0 aromatic carbocycles. The lowest BCUT2D eigenvalue weighted by Gasteiger charge is -2.10. The molecular weight excluding hydrogens is 254 g/mol. The first-order chi connectivity index (χ1) is 8.69. The molecule has 5 nitrogen and oxygen atoms in total. The summed E-state index contributed by atoms with van der Waals surface area (Å²) in [5, 5.41) is 3.63. The third kappa shape index (κ3) is 4.49. The minimum Gasteiger partial charge on any atom is -0.466 e. The highest BCUT2D eigenvalue weighted by molar-refractivity contribution is 6.30. The Morgan fingerprint density at radius 3 is 2.89 bits per heavy atom. The molecule has 0 unspecified atom stereocenters. The number of halogens is 1. The number of carbonyl (C=O) groups is 1. The van der Waals surface area contributed by atoms with E-state index in [0.717, 1.165) is 17.8 Å². The Kier molecular flexibility index (Phi) is 6.43. The van der Waals surface area contributed by atoms with Crippen LogP contribution in [0.4, 0.5) is 5.82 Å². The predicted molar refractivity (Wildman–Crippen MR) is 70.8 cm³/mol. The molecule has 1 N–H and O–H groups in total. The minimum atomic E-state index is -0.171. The van der Waals surface area contributed by atoms with Crippen LogP contribution in [0.15, 0.2) is 6.33 Å². The Balaban J connectivity index is 2.40. The number of esters is 1. The van der Waals surface area contributed by atoms with Gasteiger partial charge in [-0.3, -0.25) is 4.79 Å². The van der Waals surface area contributed by atoms with Crippen LogP contribution in [0.2, 0.25) is 5.15 Å². The predicted octanol–water partition coefficient (Wildman–Crippen LogP) is 2.45. The van der Waals surface area contributed by atoms with E-state index in [-0.39, 0.29) is 5.97 Å². The molecular formula is C12H18ClN3O2. The van der Waals surface area contributed by atoms with Gasteiger partial charge in [0.15, 0.2) is 0 Å². The summed E-state index contributed by atoms with van der Waals surface area (Å²) in [4.78, 5) is 19.2. The van der Waals surface area contributed by atoms with Gasteiger partial charge < -0.3 is 10.1 Å². The first-order valence-corrected chi connectivity index (χ1v) is 6.45. The number of hydrogen-bond donors (Lipinski definition) is 1. The molecule has 0 spiro atoms. The summed E-state index contributed by atoms with van der Waals surface area (Å²) in [6.45, 7) is 4.87. The van der Waals surface area contributed by atoms with Crippen molar-refractivity contribution in [2.75, 3.05) is 18.5 Å². The highest BCUT2D eigenvalue weighted by Crippen LogP contribution is 2.19. The first-order valence-electron chi connectivity index (χ1n) is 6.07. The third-order valence-corrected chi connectivity index (χ3v) is 2.73. The highest BCUT2D eigenvalue weighted by Gasteiger charge is 2.07. The lowest BCUT2D eigenvalue weighted by atomic mass is 10.2. The van der Waals surface area contributed by atoms with Crippen molar-refractivity contribution in [3.63, 3.8) is 0 Å². The molecule has 0 aliphatic rings. The molecule has 0 aliphatic carbocycles. The fourth-order valence-corrected chi connectivity index (χ4v) is 1.80. The Bertz CT molecular complexity index is 399. The molecule has 1 rings (SSSR count). The third-order valence-electron chi connectivity index (χ3n) is 2.40. The Morgan fingerprint density at radius 1 is 1.44 bits per heavy atom. The van der Waals surface area contributed by atoms with E-state index in [1.807, 2.05) is 6.92 Å². The molecule has 1 aromatic rings. The number of hydrogen-bond acceptors (Lipinski definition) is 5. The summed E-state index contributed by atoms with van der Waals surface area (Å²) in [7, 11) is 0. The highest BCUT2D eigenvalue weighted by atomic mass is 35.5. The quantitative estimate of drug-likeness (QED) is 0.469. The van der Waals surface area contributed by atoms with Gasteiger partial charge in [-0.1, -0.05) is 18.5 Å². The maximum absolute atomic E-state index is 11.1. The molecule has 18 heavy (non-hydrogen) atoms. The van der Waals surface area contributed by atoms with E-state index in [2.05, 4.69) is 15.3 Å². The monoisotopic (exact) mass is 271 g/mol.